The molecule has 0 radical (unpaired) electrons. The van der Waals surface area contributed by atoms with Gasteiger partial charge in [0, 0.05) is 37.3 Å². The summed E-state index contributed by atoms with van der Waals surface area (Å²) < 4.78 is 48.6. The minimum Gasteiger partial charge on any atom is -0.482 e. The molecule has 200 valence electrons. The third kappa shape index (κ3) is 4.85. The molecule has 1 saturated heterocycles. The third-order valence-electron chi connectivity index (χ3n) is 7.11. The summed E-state index contributed by atoms with van der Waals surface area (Å²) in [6.45, 7) is -0.116. The van der Waals surface area contributed by atoms with E-state index in [0.717, 1.165) is 48.7 Å². The maximum Gasteiger partial charge on any atom is 0.422 e. The minimum atomic E-state index is -4.53. The first-order valence-electron chi connectivity index (χ1n) is 12.6. The molecule has 12 heteroatoms. The van der Waals surface area contributed by atoms with Crippen molar-refractivity contribution in [3.05, 3.63) is 42.1 Å². The highest BCUT2D eigenvalue weighted by molar-refractivity contribution is 7.55. The van der Waals surface area contributed by atoms with Crippen LogP contribution in [0.25, 0.3) is 33.6 Å². The average molecular weight is 545 g/mol. The molecule has 8 nitrogen and oxygen atoms in total. The molecule has 1 aliphatic carbocycles. The van der Waals surface area contributed by atoms with Crippen molar-refractivity contribution in [3.63, 3.8) is 0 Å². The maximum absolute atomic E-state index is 13.4. The number of alkyl halides is 3. The van der Waals surface area contributed by atoms with E-state index < -0.39 is 20.9 Å². The van der Waals surface area contributed by atoms with Crippen molar-refractivity contribution < 1.29 is 22.7 Å². The Bertz CT molecular complexity index is 1530. The van der Waals surface area contributed by atoms with Gasteiger partial charge in [0.05, 0.1) is 17.5 Å². The van der Waals surface area contributed by atoms with E-state index in [9.17, 15) is 18.0 Å². The van der Waals surface area contributed by atoms with Gasteiger partial charge in [-0.15, -0.1) is 0 Å². The van der Waals surface area contributed by atoms with Gasteiger partial charge in [0.1, 0.15) is 16.9 Å². The van der Waals surface area contributed by atoms with Crippen molar-refractivity contribution in [2.45, 2.75) is 32.0 Å². The second-order valence-electron chi connectivity index (χ2n) is 10.1. The highest BCUT2D eigenvalue weighted by Gasteiger charge is 2.31. The van der Waals surface area contributed by atoms with Gasteiger partial charge >= 0.3 is 6.18 Å². The molecule has 2 aliphatic rings. The summed E-state index contributed by atoms with van der Waals surface area (Å²) in [4.78, 5) is 24.4. The second-order valence-corrected chi connectivity index (χ2v) is 12.0. The molecular weight excluding hydrogens is 516 g/mol. The minimum absolute atomic E-state index is 0.0283. The Morgan fingerprint density at radius 3 is 2.82 bits per heavy atom. The number of ether oxygens (including phenoxy) is 1. The molecular formula is C26H28F3N6O2P. The number of hydrogen-bond donors (Lipinski definition) is 1. The van der Waals surface area contributed by atoms with Crippen LogP contribution in [0, 0.1) is 5.92 Å². The quantitative estimate of drug-likeness (QED) is 0.341. The molecule has 1 aliphatic heterocycles. The van der Waals surface area contributed by atoms with E-state index in [1.807, 2.05) is 18.2 Å². The Morgan fingerprint density at radius 2 is 2.08 bits per heavy atom. The van der Waals surface area contributed by atoms with Gasteiger partial charge in [0.25, 0.3) is 5.91 Å². The molecule has 0 spiro atoms. The van der Waals surface area contributed by atoms with Crippen LogP contribution in [0.1, 0.15) is 29.6 Å². The van der Waals surface area contributed by atoms with Crippen LogP contribution in [-0.4, -0.2) is 61.7 Å². The lowest BCUT2D eigenvalue weighted by atomic mass is 10.1. The summed E-state index contributed by atoms with van der Waals surface area (Å²) in [7, 11) is 0.986. The number of amides is 1. The zero-order valence-electron chi connectivity index (χ0n) is 20.9. The number of carbonyl (C=O) groups is 1. The van der Waals surface area contributed by atoms with Crippen LogP contribution in [0.3, 0.4) is 0 Å². The van der Waals surface area contributed by atoms with Gasteiger partial charge in [-0.1, -0.05) is 0 Å². The number of fused-ring (bicyclic) bond motifs is 2. The fraction of sp³-hybridized carbons (Fsp3) is 0.423. The van der Waals surface area contributed by atoms with Gasteiger partial charge in [-0.2, -0.15) is 13.2 Å². The number of pyridine rings is 1. The van der Waals surface area contributed by atoms with E-state index in [1.54, 1.807) is 28.8 Å². The standard InChI is InChI=1S/C26H28F3N6O2P/c1-33-22-19(32-24(33)20-11-17-4-2-7-31-23(17)35(20)13-16-5-6-16)10-18(12-21(22)37-14-26(27,28)29)25(36)34-8-3-9-38(30)15-34/h2,4,7,10-12,16H,3,5-6,8-9,13-15,30H2,1H3/t38-/m1/s1. The Labute approximate surface area is 218 Å². The second kappa shape index (κ2) is 9.54. The number of aryl methyl sites for hydroxylation is 1. The summed E-state index contributed by atoms with van der Waals surface area (Å²) in [5, 5.41) is 0.961. The summed E-state index contributed by atoms with van der Waals surface area (Å²) in [5.41, 5.74) is 8.83. The van der Waals surface area contributed by atoms with Crippen molar-refractivity contribution >= 4 is 36.0 Å². The molecule has 4 aromatic rings. The molecule has 1 atom stereocenters. The predicted molar refractivity (Wildman–Crippen MR) is 140 cm³/mol. The molecule has 2 fully saturated rings. The average Bonchev–Trinajstić information content (AvgIpc) is 3.55. The fourth-order valence-electron chi connectivity index (χ4n) is 5.12. The lowest BCUT2D eigenvalue weighted by Gasteiger charge is -2.30. The monoisotopic (exact) mass is 544 g/mol. The Hall–Kier alpha value is -3.17. The van der Waals surface area contributed by atoms with Crippen molar-refractivity contribution in [2.75, 3.05) is 25.6 Å². The molecule has 1 aromatic carbocycles. The molecule has 2 N–H and O–H groups in total. The molecule has 0 unspecified atom stereocenters. The number of aromatic nitrogens is 4. The Kier molecular flexibility index (Phi) is 6.31. The van der Waals surface area contributed by atoms with Crippen LogP contribution in [0.4, 0.5) is 13.2 Å². The number of hydrogen-bond acceptors (Lipinski definition) is 5. The van der Waals surface area contributed by atoms with Crippen molar-refractivity contribution in [1.82, 2.24) is 24.0 Å². The smallest absolute Gasteiger partial charge is 0.422 e. The highest BCUT2D eigenvalue weighted by Crippen LogP contribution is 2.38. The number of halogens is 3. The summed E-state index contributed by atoms with van der Waals surface area (Å²) in [6, 6.07) is 8.90. The van der Waals surface area contributed by atoms with E-state index in [-0.39, 0.29) is 17.2 Å². The molecule has 4 heterocycles. The van der Waals surface area contributed by atoms with E-state index in [0.29, 0.717) is 35.6 Å². The van der Waals surface area contributed by atoms with Gasteiger partial charge in [-0.25, -0.2) is 9.97 Å². The lowest BCUT2D eigenvalue weighted by Crippen LogP contribution is -2.37. The molecule has 3 aromatic heterocycles. The van der Waals surface area contributed by atoms with Gasteiger partial charge in [0.15, 0.2) is 12.4 Å². The largest absolute Gasteiger partial charge is 0.482 e. The molecule has 1 amide bonds. The van der Waals surface area contributed by atoms with E-state index in [4.69, 9.17) is 15.2 Å². The summed E-state index contributed by atoms with van der Waals surface area (Å²) in [5.74, 6) is 0.831. The first-order chi connectivity index (χ1) is 18.2. The number of imidazole rings is 1. The number of rotatable bonds is 6. The SMILES string of the molecule is Cn1c(-c2cc3cccnc3n2CC2CC2)nc2cc(C(=O)N3CCC[P@@](N)C3)cc(OCC(F)(F)F)c21. The Morgan fingerprint density at radius 1 is 1.26 bits per heavy atom. The molecule has 38 heavy (non-hydrogen) atoms. The van der Waals surface area contributed by atoms with Crippen LogP contribution in [0.15, 0.2) is 36.5 Å². The fourth-order valence-corrected chi connectivity index (χ4v) is 6.52. The summed E-state index contributed by atoms with van der Waals surface area (Å²) in [6.07, 6.45) is 1.68. The third-order valence-corrected chi connectivity index (χ3v) is 8.70. The van der Waals surface area contributed by atoms with Crippen LogP contribution >= 0.6 is 8.07 Å². The first-order valence-corrected chi connectivity index (χ1v) is 14.4. The lowest BCUT2D eigenvalue weighted by molar-refractivity contribution is -0.153. The number of carbonyl (C=O) groups excluding carboxylic acids is 1. The van der Waals surface area contributed by atoms with Crippen LogP contribution < -0.4 is 10.2 Å². The van der Waals surface area contributed by atoms with Crippen LogP contribution in [0.2, 0.25) is 0 Å². The first kappa shape index (κ1) is 25.1. The topological polar surface area (TPSA) is 91.2 Å². The zero-order valence-corrected chi connectivity index (χ0v) is 21.8. The number of nitrogens with zero attached hydrogens (tertiary/aromatic N) is 5. The van der Waals surface area contributed by atoms with Crippen LogP contribution in [-0.2, 0) is 13.6 Å². The Balaban J connectivity index is 1.48. The van der Waals surface area contributed by atoms with Crippen molar-refractivity contribution in [2.24, 2.45) is 18.5 Å². The van der Waals surface area contributed by atoms with E-state index in [2.05, 4.69) is 9.55 Å². The van der Waals surface area contributed by atoms with Crippen molar-refractivity contribution in [3.8, 4) is 17.3 Å². The normalized spacial score (nSPS) is 18.4. The van der Waals surface area contributed by atoms with Crippen molar-refractivity contribution in [1.29, 1.82) is 0 Å². The number of nitrogens with two attached hydrogens (primary N) is 1. The van der Waals surface area contributed by atoms with Gasteiger partial charge < -0.3 is 24.3 Å². The van der Waals surface area contributed by atoms with Gasteiger partial charge in [0.2, 0.25) is 0 Å². The van der Waals surface area contributed by atoms with Crippen LogP contribution in [0.5, 0.6) is 5.75 Å². The summed E-state index contributed by atoms with van der Waals surface area (Å²) >= 11 is 0. The maximum atomic E-state index is 13.4. The van der Waals surface area contributed by atoms with E-state index in [1.165, 1.54) is 6.07 Å². The highest BCUT2D eigenvalue weighted by atomic mass is 31.1. The molecule has 1 saturated carbocycles. The molecule has 6 rings (SSSR count). The predicted octanol–water partition coefficient (Wildman–Crippen LogP) is 5.10. The zero-order chi connectivity index (χ0) is 26.6. The van der Waals surface area contributed by atoms with Gasteiger partial charge in [-0.05, 0) is 69.7 Å². The van der Waals surface area contributed by atoms with E-state index >= 15 is 0 Å². The van der Waals surface area contributed by atoms with Gasteiger partial charge in [-0.3, -0.25) is 4.79 Å². The number of benzene rings is 1. The molecule has 0 bridgehead atoms.